The molecule has 4 aliphatic rings. The number of amides is 1. The lowest BCUT2D eigenvalue weighted by atomic mass is 9.45. The molecule has 6 nitrogen and oxygen atoms in total. The van der Waals surface area contributed by atoms with Crippen molar-refractivity contribution in [1.29, 1.82) is 0 Å². The highest BCUT2D eigenvalue weighted by atomic mass is 16.5. The van der Waals surface area contributed by atoms with Gasteiger partial charge in [-0.1, -0.05) is 19.4 Å². The third-order valence-corrected chi connectivity index (χ3v) is 8.92. The monoisotopic (exact) mass is 415 g/mol. The summed E-state index contributed by atoms with van der Waals surface area (Å²) in [6.07, 6.45) is 8.23. The SMILES string of the molecule is CCOC(=O)/C(NC=O)=C1\CC[C@H]2[C@@H]3CCC4=CC(=O)CC[C@]4(C)[C@@]3(O)CC[C@]12C. The number of allylic oxidation sites excluding steroid dienone is 1. The molecule has 0 aromatic rings. The minimum absolute atomic E-state index is 0.115. The number of nitrogens with one attached hydrogen (secondary N) is 1. The van der Waals surface area contributed by atoms with E-state index in [-0.39, 0.29) is 40.8 Å². The second-order valence-electron chi connectivity index (χ2n) is 9.94. The lowest BCUT2D eigenvalue weighted by molar-refractivity contribution is -0.183. The molecule has 4 rings (SSSR count). The van der Waals surface area contributed by atoms with Crippen LogP contribution in [0.1, 0.15) is 72.1 Å². The molecule has 2 N–H and O–H groups in total. The van der Waals surface area contributed by atoms with Gasteiger partial charge < -0.3 is 15.2 Å². The van der Waals surface area contributed by atoms with Crippen LogP contribution in [-0.4, -0.2) is 35.5 Å². The van der Waals surface area contributed by atoms with E-state index >= 15 is 0 Å². The molecule has 30 heavy (non-hydrogen) atoms. The standard InChI is InChI=1S/C24H33NO5/c1-4-30-21(28)20(25-14-26)19-8-7-17-18-6-5-15-13-16(27)9-10-23(15,3)24(18,29)12-11-22(17,19)2/h13-14,17-18,29H,4-12H2,1-3H3,(H,25,26)/b20-19-/t17-,18-,22-,23-,24+/m0/s1. The van der Waals surface area contributed by atoms with Crippen LogP contribution in [0.15, 0.2) is 22.9 Å². The molecule has 6 heteroatoms. The zero-order chi connectivity index (χ0) is 21.7. The average molecular weight is 416 g/mol. The Balaban J connectivity index is 1.73. The molecule has 3 saturated carbocycles. The number of carbonyl (C=O) groups is 3. The van der Waals surface area contributed by atoms with Crippen LogP contribution in [-0.2, 0) is 19.1 Å². The molecule has 5 atom stereocenters. The van der Waals surface area contributed by atoms with Gasteiger partial charge in [0, 0.05) is 11.8 Å². The maximum absolute atomic E-state index is 12.6. The highest BCUT2D eigenvalue weighted by Crippen LogP contribution is 2.68. The number of carbonyl (C=O) groups excluding carboxylic acids is 3. The number of fused-ring (bicyclic) bond motifs is 5. The van der Waals surface area contributed by atoms with E-state index < -0.39 is 11.6 Å². The topological polar surface area (TPSA) is 92.7 Å². The van der Waals surface area contributed by atoms with Gasteiger partial charge >= 0.3 is 5.97 Å². The van der Waals surface area contributed by atoms with E-state index in [1.807, 2.05) is 0 Å². The number of hydrogen-bond acceptors (Lipinski definition) is 5. The maximum atomic E-state index is 12.6. The number of ether oxygens (including phenoxy) is 1. The quantitative estimate of drug-likeness (QED) is 0.418. The molecule has 0 heterocycles. The summed E-state index contributed by atoms with van der Waals surface area (Å²) in [5.41, 5.74) is 0.919. The number of hydrogen-bond donors (Lipinski definition) is 2. The van der Waals surface area contributed by atoms with Gasteiger partial charge in [-0.15, -0.1) is 0 Å². The van der Waals surface area contributed by atoms with Gasteiger partial charge in [0.15, 0.2) is 5.78 Å². The Labute approximate surface area is 178 Å². The Kier molecular flexibility index (Phi) is 5.20. The first kappa shape index (κ1) is 21.3. The first-order valence-corrected chi connectivity index (χ1v) is 11.3. The molecule has 3 fully saturated rings. The summed E-state index contributed by atoms with van der Waals surface area (Å²) in [6, 6.07) is 0. The maximum Gasteiger partial charge on any atom is 0.354 e. The fourth-order valence-corrected chi connectivity index (χ4v) is 7.26. The van der Waals surface area contributed by atoms with E-state index in [4.69, 9.17) is 4.74 Å². The van der Waals surface area contributed by atoms with Gasteiger partial charge in [0.1, 0.15) is 5.70 Å². The van der Waals surface area contributed by atoms with Crippen molar-refractivity contribution >= 4 is 18.2 Å². The summed E-state index contributed by atoms with van der Waals surface area (Å²) in [6.45, 7) is 6.34. The van der Waals surface area contributed by atoms with Crippen LogP contribution < -0.4 is 5.32 Å². The van der Waals surface area contributed by atoms with Gasteiger partial charge in [0.2, 0.25) is 6.41 Å². The largest absolute Gasteiger partial charge is 0.461 e. The Morgan fingerprint density at radius 3 is 2.63 bits per heavy atom. The minimum Gasteiger partial charge on any atom is -0.461 e. The summed E-state index contributed by atoms with van der Waals surface area (Å²) in [5.74, 6) is 0.0492. The number of ketones is 1. The lowest BCUT2D eigenvalue weighted by Gasteiger charge is -2.62. The van der Waals surface area contributed by atoms with E-state index in [1.54, 1.807) is 13.0 Å². The molecule has 164 valence electrons. The van der Waals surface area contributed by atoms with Crippen LogP contribution in [0, 0.1) is 22.7 Å². The van der Waals surface area contributed by atoms with Crippen LogP contribution in [0.2, 0.25) is 0 Å². The Bertz CT molecular complexity index is 845. The lowest BCUT2D eigenvalue weighted by Crippen LogP contribution is -2.62. The molecule has 0 spiro atoms. The van der Waals surface area contributed by atoms with Crippen molar-refractivity contribution in [3.63, 3.8) is 0 Å². The Morgan fingerprint density at radius 1 is 1.20 bits per heavy atom. The zero-order valence-corrected chi connectivity index (χ0v) is 18.3. The first-order chi connectivity index (χ1) is 14.2. The molecule has 0 radical (unpaired) electrons. The van der Waals surface area contributed by atoms with E-state index in [9.17, 15) is 19.5 Å². The van der Waals surface area contributed by atoms with Gasteiger partial charge in [0.25, 0.3) is 0 Å². The highest BCUT2D eigenvalue weighted by Gasteiger charge is 2.65. The molecular weight excluding hydrogens is 382 g/mol. The summed E-state index contributed by atoms with van der Waals surface area (Å²) in [7, 11) is 0. The van der Waals surface area contributed by atoms with E-state index in [1.165, 1.54) is 0 Å². The average Bonchev–Trinajstić information content (AvgIpc) is 3.04. The predicted molar refractivity (Wildman–Crippen MR) is 111 cm³/mol. The summed E-state index contributed by atoms with van der Waals surface area (Å²) >= 11 is 0. The molecule has 0 aromatic carbocycles. The number of esters is 1. The Morgan fingerprint density at radius 2 is 1.93 bits per heavy atom. The van der Waals surface area contributed by atoms with Gasteiger partial charge in [0.05, 0.1) is 12.2 Å². The summed E-state index contributed by atoms with van der Waals surface area (Å²) < 4.78 is 5.21. The van der Waals surface area contributed by atoms with Crippen LogP contribution in [0.25, 0.3) is 0 Å². The molecule has 0 aromatic heterocycles. The van der Waals surface area contributed by atoms with Crippen molar-refractivity contribution in [2.45, 2.75) is 77.7 Å². The molecular formula is C24H33NO5. The third-order valence-electron chi connectivity index (χ3n) is 8.92. The van der Waals surface area contributed by atoms with Gasteiger partial charge in [-0.25, -0.2) is 4.79 Å². The van der Waals surface area contributed by atoms with Crippen molar-refractivity contribution < 1.29 is 24.2 Å². The highest BCUT2D eigenvalue weighted by molar-refractivity contribution is 5.92. The third kappa shape index (κ3) is 2.83. The predicted octanol–water partition coefficient (Wildman–Crippen LogP) is 3.20. The van der Waals surface area contributed by atoms with Gasteiger partial charge in [-0.3, -0.25) is 9.59 Å². The van der Waals surface area contributed by atoms with Crippen molar-refractivity contribution in [1.82, 2.24) is 5.32 Å². The van der Waals surface area contributed by atoms with Crippen LogP contribution in [0.3, 0.4) is 0 Å². The second kappa shape index (κ2) is 7.33. The minimum atomic E-state index is -0.834. The van der Waals surface area contributed by atoms with Crippen LogP contribution in [0.5, 0.6) is 0 Å². The smallest absolute Gasteiger partial charge is 0.354 e. The fourth-order valence-electron chi connectivity index (χ4n) is 7.26. The zero-order valence-electron chi connectivity index (χ0n) is 18.3. The summed E-state index contributed by atoms with van der Waals surface area (Å²) in [4.78, 5) is 35.8. The first-order valence-electron chi connectivity index (χ1n) is 11.3. The number of aliphatic hydroxyl groups is 1. The molecule has 0 bridgehead atoms. The van der Waals surface area contributed by atoms with Crippen molar-refractivity contribution in [3.8, 4) is 0 Å². The van der Waals surface area contributed by atoms with Gasteiger partial charge in [-0.2, -0.15) is 0 Å². The van der Waals surface area contributed by atoms with Crippen molar-refractivity contribution in [2.75, 3.05) is 6.61 Å². The fraction of sp³-hybridized carbons (Fsp3) is 0.708. The molecule has 0 unspecified atom stereocenters. The van der Waals surface area contributed by atoms with E-state index in [2.05, 4.69) is 19.2 Å². The molecule has 1 amide bonds. The number of rotatable bonds is 4. The summed E-state index contributed by atoms with van der Waals surface area (Å²) in [5, 5.41) is 14.7. The molecule has 4 aliphatic carbocycles. The normalized spacial score (nSPS) is 41.7. The molecule has 0 saturated heterocycles. The van der Waals surface area contributed by atoms with Crippen LogP contribution >= 0.6 is 0 Å². The van der Waals surface area contributed by atoms with Crippen molar-refractivity contribution in [2.24, 2.45) is 22.7 Å². The Hall–Kier alpha value is -1.95. The molecule has 0 aliphatic heterocycles. The van der Waals surface area contributed by atoms with Crippen molar-refractivity contribution in [3.05, 3.63) is 22.9 Å². The van der Waals surface area contributed by atoms with Gasteiger partial charge in [-0.05, 0) is 80.8 Å². The van der Waals surface area contributed by atoms with E-state index in [0.717, 1.165) is 43.3 Å². The second-order valence-corrected chi connectivity index (χ2v) is 9.94. The van der Waals surface area contributed by atoms with E-state index in [0.29, 0.717) is 25.7 Å². The van der Waals surface area contributed by atoms with Crippen LogP contribution in [0.4, 0.5) is 0 Å².